The summed E-state index contributed by atoms with van der Waals surface area (Å²) in [6.45, 7) is 1.22. The van der Waals surface area contributed by atoms with E-state index in [-0.39, 0.29) is 49.5 Å². The van der Waals surface area contributed by atoms with E-state index >= 15 is 0 Å². The molecule has 244 valence electrons. The fourth-order valence-corrected chi connectivity index (χ4v) is 5.09. The quantitative estimate of drug-likeness (QED) is 0.0492. The molecule has 0 saturated heterocycles. The Labute approximate surface area is 266 Å². The fraction of sp³-hybridized carbons (Fsp3) is 0.438. The molecule has 4 N–H and O–H groups in total. The van der Waals surface area contributed by atoms with Crippen LogP contribution in [0.2, 0.25) is 5.02 Å². The number of benzene rings is 2. The van der Waals surface area contributed by atoms with E-state index in [0.717, 1.165) is 0 Å². The summed E-state index contributed by atoms with van der Waals surface area (Å²) in [5.74, 6) is -0.866. The monoisotopic (exact) mass is 646 g/mol. The number of nitrogens with zero attached hydrogens (tertiary/aromatic N) is 1. The summed E-state index contributed by atoms with van der Waals surface area (Å²) in [5, 5.41) is 43.8. The molecule has 45 heavy (non-hydrogen) atoms. The highest BCUT2D eigenvalue weighted by Crippen LogP contribution is 2.36. The van der Waals surface area contributed by atoms with Crippen molar-refractivity contribution < 1.29 is 44.3 Å². The number of esters is 1. The van der Waals surface area contributed by atoms with Gasteiger partial charge < -0.3 is 34.9 Å². The molecule has 0 radical (unpaired) electrons. The standard InChI is InChI=1S/C32H39ClN2O10/c1-21(32(40)45-26-11-6-8-22(16-26)19-44-35(41)42)34-31(39)13-5-3-2-4-12-27-28(30(38)18-29(27)37)15-14-24(36)20-43-25-10-7-9-23(33)17-25/h2,4,6-11,14-17,21,24,27-30,36-38H,3,5,12-13,18-20H2,1H3,(H,34,39)/b4-2-,15-14+/t21?,24-,27-,28-,29+,30-/m1/s1. The number of amides is 1. The molecule has 0 heterocycles. The van der Waals surface area contributed by atoms with Gasteiger partial charge in [0.05, 0.1) is 12.2 Å². The van der Waals surface area contributed by atoms with Crippen molar-refractivity contribution in [3.05, 3.63) is 93.5 Å². The minimum Gasteiger partial charge on any atom is -0.491 e. The number of hydrogen-bond acceptors (Lipinski definition) is 10. The lowest BCUT2D eigenvalue weighted by Gasteiger charge is -2.19. The molecule has 0 spiro atoms. The van der Waals surface area contributed by atoms with Crippen molar-refractivity contribution >= 4 is 23.5 Å². The lowest BCUT2D eigenvalue weighted by molar-refractivity contribution is -0.763. The van der Waals surface area contributed by atoms with E-state index in [2.05, 4.69) is 10.2 Å². The maximum atomic E-state index is 12.4. The summed E-state index contributed by atoms with van der Waals surface area (Å²) in [4.78, 5) is 39.4. The van der Waals surface area contributed by atoms with Crippen LogP contribution in [0, 0.1) is 22.0 Å². The molecule has 1 saturated carbocycles. The molecule has 0 bridgehead atoms. The molecule has 0 aliphatic heterocycles. The van der Waals surface area contributed by atoms with Gasteiger partial charge in [-0.3, -0.25) is 4.79 Å². The van der Waals surface area contributed by atoms with Crippen molar-refractivity contribution in [2.75, 3.05) is 6.61 Å². The highest BCUT2D eigenvalue weighted by molar-refractivity contribution is 6.30. The number of allylic oxidation sites excluding steroid dienone is 2. The lowest BCUT2D eigenvalue weighted by atomic mass is 9.89. The first-order valence-corrected chi connectivity index (χ1v) is 15.0. The molecule has 2 aromatic rings. The number of aliphatic hydroxyl groups is 3. The van der Waals surface area contributed by atoms with E-state index in [0.29, 0.717) is 35.6 Å². The minimum absolute atomic E-state index is 0.0117. The number of nitrogens with one attached hydrogen (secondary N) is 1. The molecule has 13 heteroatoms. The molecule has 0 aromatic heterocycles. The van der Waals surface area contributed by atoms with Gasteiger partial charge in [0.25, 0.3) is 5.09 Å². The Morgan fingerprint density at radius 1 is 1.13 bits per heavy atom. The number of carbonyl (C=O) groups excluding carboxylic acids is 2. The third kappa shape index (κ3) is 12.5. The predicted octanol–water partition coefficient (Wildman–Crippen LogP) is 3.93. The molecule has 2 aromatic carbocycles. The van der Waals surface area contributed by atoms with Crippen LogP contribution in [0.3, 0.4) is 0 Å². The molecule has 1 unspecified atom stereocenters. The van der Waals surface area contributed by atoms with Gasteiger partial charge in [0.2, 0.25) is 5.91 Å². The Bertz CT molecular complexity index is 1340. The molecule has 3 rings (SSSR count). The Balaban J connectivity index is 1.36. The summed E-state index contributed by atoms with van der Waals surface area (Å²) in [6, 6.07) is 12.0. The van der Waals surface area contributed by atoms with Crippen molar-refractivity contribution in [2.45, 2.75) is 70.0 Å². The number of aliphatic hydroxyl groups excluding tert-OH is 3. The van der Waals surface area contributed by atoms with E-state index in [9.17, 15) is 35.0 Å². The summed E-state index contributed by atoms with van der Waals surface area (Å²) in [6.07, 6.45) is 6.83. The van der Waals surface area contributed by atoms with Crippen molar-refractivity contribution in [3.63, 3.8) is 0 Å². The van der Waals surface area contributed by atoms with E-state index in [1.54, 1.807) is 48.6 Å². The summed E-state index contributed by atoms with van der Waals surface area (Å²) in [5.41, 5.74) is 0.446. The van der Waals surface area contributed by atoms with Crippen molar-refractivity contribution in [3.8, 4) is 11.5 Å². The van der Waals surface area contributed by atoms with Gasteiger partial charge in [0.1, 0.15) is 36.9 Å². The molecular weight excluding hydrogens is 608 g/mol. The summed E-state index contributed by atoms with van der Waals surface area (Å²) < 4.78 is 10.8. The average molecular weight is 647 g/mol. The van der Waals surface area contributed by atoms with Crippen LogP contribution in [0.25, 0.3) is 0 Å². The molecule has 1 fully saturated rings. The third-order valence-corrected chi connectivity index (χ3v) is 7.46. The molecule has 6 atom stereocenters. The second-order valence-electron chi connectivity index (χ2n) is 10.8. The maximum Gasteiger partial charge on any atom is 0.333 e. The van der Waals surface area contributed by atoms with Gasteiger partial charge in [-0.05, 0) is 68.0 Å². The first-order valence-electron chi connectivity index (χ1n) is 14.6. The molecule has 1 aliphatic rings. The maximum absolute atomic E-state index is 12.4. The van der Waals surface area contributed by atoms with Gasteiger partial charge in [-0.25, -0.2) is 4.79 Å². The molecule has 1 amide bonds. The van der Waals surface area contributed by atoms with Crippen LogP contribution in [-0.4, -0.2) is 63.2 Å². The number of halogens is 1. The molecule has 1 aliphatic carbocycles. The summed E-state index contributed by atoms with van der Waals surface area (Å²) >= 11 is 5.94. The van der Waals surface area contributed by atoms with Crippen molar-refractivity contribution in [2.24, 2.45) is 11.8 Å². The zero-order valence-corrected chi connectivity index (χ0v) is 25.6. The van der Waals surface area contributed by atoms with E-state index in [4.69, 9.17) is 21.1 Å². The Morgan fingerprint density at radius 2 is 1.89 bits per heavy atom. The van der Waals surface area contributed by atoms with Gasteiger partial charge in [0.15, 0.2) is 0 Å². The SMILES string of the molecule is CC(NC(=O)CCC/C=C\C[C@@H]1[C@@H](/C=C/[C@@H](O)COc2cccc(Cl)c2)[C@H](O)C[C@@H]1O)C(=O)Oc1cccc(CO[N+](=O)[O-])c1. The number of rotatable bonds is 17. The fourth-order valence-electron chi connectivity index (χ4n) is 4.91. The van der Waals surface area contributed by atoms with Crippen LogP contribution in [0.15, 0.2) is 72.8 Å². The predicted molar refractivity (Wildman–Crippen MR) is 165 cm³/mol. The molecule has 12 nitrogen and oxygen atoms in total. The average Bonchev–Trinajstić information content (AvgIpc) is 3.26. The number of ether oxygens (including phenoxy) is 2. The van der Waals surface area contributed by atoms with Crippen LogP contribution >= 0.6 is 11.6 Å². The van der Waals surface area contributed by atoms with Crippen LogP contribution in [0.1, 0.15) is 44.6 Å². The zero-order valence-electron chi connectivity index (χ0n) is 24.9. The number of hydrogen-bond donors (Lipinski definition) is 4. The van der Waals surface area contributed by atoms with Crippen molar-refractivity contribution in [1.29, 1.82) is 0 Å². The van der Waals surface area contributed by atoms with Crippen LogP contribution < -0.4 is 14.8 Å². The minimum atomic E-state index is -0.914. The number of unbranched alkanes of at least 4 members (excludes halogenated alkanes) is 1. The first-order chi connectivity index (χ1) is 21.5. The Kier molecular flexibility index (Phi) is 14.3. The third-order valence-electron chi connectivity index (χ3n) is 7.22. The highest BCUT2D eigenvalue weighted by Gasteiger charge is 2.39. The second-order valence-corrected chi connectivity index (χ2v) is 11.2. The van der Waals surface area contributed by atoms with Gasteiger partial charge >= 0.3 is 5.97 Å². The smallest absolute Gasteiger partial charge is 0.333 e. The summed E-state index contributed by atoms with van der Waals surface area (Å²) in [7, 11) is 0. The zero-order chi connectivity index (χ0) is 32.8. The first kappa shape index (κ1) is 35.5. The van der Waals surface area contributed by atoms with Gasteiger partial charge in [-0.15, -0.1) is 10.1 Å². The highest BCUT2D eigenvalue weighted by atomic mass is 35.5. The number of carbonyl (C=O) groups is 2. The van der Waals surface area contributed by atoms with Crippen LogP contribution in [-0.2, 0) is 21.0 Å². The second kappa shape index (κ2) is 18.1. The van der Waals surface area contributed by atoms with Crippen molar-refractivity contribution in [1.82, 2.24) is 5.32 Å². The van der Waals surface area contributed by atoms with Crippen LogP contribution in [0.4, 0.5) is 0 Å². The lowest BCUT2D eigenvalue weighted by Crippen LogP contribution is -2.40. The van der Waals surface area contributed by atoms with E-state index in [1.807, 2.05) is 12.2 Å². The molecular formula is C32H39ClN2O10. The Morgan fingerprint density at radius 3 is 2.64 bits per heavy atom. The van der Waals surface area contributed by atoms with Gasteiger partial charge in [-0.2, -0.15) is 0 Å². The van der Waals surface area contributed by atoms with E-state index in [1.165, 1.54) is 19.1 Å². The van der Waals surface area contributed by atoms with Gasteiger partial charge in [-0.1, -0.05) is 54.1 Å². The van der Waals surface area contributed by atoms with E-state index < -0.39 is 35.4 Å². The normalized spacial score (nSPS) is 21.0. The van der Waals surface area contributed by atoms with Gasteiger partial charge in [0, 0.05) is 23.8 Å². The van der Waals surface area contributed by atoms with Crippen LogP contribution in [0.5, 0.6) is 11.5 Å². The topological polar surface area (TPSA) is 178 Å². The largest absolute Gasteiger partial charge is 0.491 e. The Hall–Kier alpha value is -3.97.